The van der Waals surface area contributed by atoms with Gasteiger partial charge in [-0.25, -0.2) is 4.39 Å². The fourth-order valence-corrected chi connectivity index (χ4v) is 2.20. The third-order valence-electron chi connectivity index (χ3n) is 2.98. The number of ether oxygens (including phenoxy) is 1. The zero-order chi connectivity index (χ0) is 14.6. The normalized spacial score (nSPS) is 14.3. The molecule has 3 nitrogen and oxygen atoms in total. The SMILES string of the molecule is COC(=O)C(NC(C)c1ccc(Br)cc1F)C(C)C. The molecule has 2 atom stereocenters. The molecule has 1 aromatic carbocycles. The quantitative estimate of drug-likeness (QED) is 0.840. The van der Waals surface area contributed by atoms with E-state index < -0.39 is 6.04 Å². The molecule has 1 aromatic rings. The summed E-state index contributed by atoms with van der Waals surface area (Å²) in [6.45, 7) is 5.66. The van der Waals surface area contributed by atoms with Crippen molar-refractivity contribution in [1.29, 1.82) is 0 Å². The minimum Gasteiger partial charge on any atom is -0.468 e. The van der Waals surface area contributed by atoms with Crippen molar-refractivity contribution in [3.8, 4) is 0 Å². The molecule has 0 aliphatic rings. The van der Waals surface area contributed by atoms with E-state index >= 15 is 0 Å². The first kappa shape index (κ1) is 16.1. The van der Waals surface area contributed by atoms with Gasteiger partial charge >= 0.3 is 5.97 Å². The van der Waals surface area contributed by atoms with Crippen LogP contribution in [0.4, 0.5) is 4.39 Å². The third-order valence-corrected chi connectivity index (χ3v) is 3.47. The summed E-state index contributed by atoms with van der Waals surface area (Å²) in [6, 6.07) is 4.16. The standard InChI is InChI=1S/C14H19BrFNO2/c1-8(2)13(14(18)19-4)17-9(3)11-6-5-10(15)7-12(11)16/h5-9,13,17H,1-4H3. The number of halogens is 2. The molecule has 0 radical (unpaired) electrons. The predicted octanol–water partition coefficient (Wildman–Crippen LogP) is 3.44. The molecule has 2 unspecified atom stereocenters. The van der Waals surface area contributed by atoms with Crippen LogP contribution in [-0.2, 0) is 9.53 Å². The summed E-state index contributed by atoms with van der Waals surface area (Å²) in [6.07, 6.45) is 0. The van der Waals surface area contributed by atoms with Gasteiger partial charge < -0.3 is 4.74 Å². The Morgan fingerprint density at radius 1 is 1.37 bits per heavy atom. The second-order valence-corrected chi connectivity index (χ2v) is 5.71. The number of rotatable bonds is 5. The van der Waals surface area contributed by atoms with Gasteiger partial charge in [0.2, 0.25) is 0 Å². The van der Waals surface area contributed by atoms with Crippen LogP contribution in [-0.4, -0.2) is 19.1 Å². The van der Waals surface area contributed by atoms with Gasteiger partial charge in [-0.3, -0.25) is 10.1 Å². The molecule has 0 saturated heterocycles. The van der Waals surface area contributed by atoms with Crippen LogP contribution in [0.25, 0.3) is 0 Å². The smallest absolute Gasteiger partial charge is 0.323 e. The topological polar surface area (TPSA) is 38.3 Å². The summed E-state index contributed by atoms with van der Waals surface area (Å²) < 4.78 is 19.3. The Bertz CT molecular complexity index is 451. The van der Waals surface area contributed by atoms with Crippen LogP contribution in [0.1, 0.15) is 32.4 Å². The molecule has 0 heterocycles. The molecule has 0 aliphatic carbocycles. The van der Waals surface area contributed by atoms with Gasteiger partial charge in [0.1, 0.15) is 11.9 Å². The first-order valence-electron chi connectivity index (χ1n) is 6.15. The molecule has 0 fully saturated rings. The molecule has 0 amide bonds. The highest BCUT2D eigenvalue weighted by Gasteiger charge is 2.25. The van der Waals surface area contributed by atoms with E-state index in [0.29, 0.717) is 10.0 Å². The van der Waals surface area contributed by atoms with Gasteiger partial charge in [-0.05, 0) is 25.0 Å². The molecule has 0 bridgehead atoms. The minimum atomic E-state index is -0.456. The number of esters is 1. The Hall–Kier alpha value is -0.940. The molecule has 19 heavy (non-hydrogen) atoms. The molecule has 106 valence electrons. The largest absolute Gasteiger partial charge is 0.468 e. The molecule has 1 rings (SSSR count). The van der Waals surface area contributed by atoms with Gasteiger partial charge in [0.25, 0.3) is 0 Å². The van der Waals surface area contributed by atoms with Gasteiger partial charge in [-0.1, -0.05) is 35.8 Å². The van der Waals surface area contributed by atoms with Crippen molar-refractivity contribution in [3.63, 3.8) is 0 Å². The predicted molar refractivity (Wildman–Crippen MR) is 76.3 cm³/mol. The first-order valence-corrected chi connectivity index (χ1v) is 6.95. The zero-order valence-electron chi connectivity index (χ0n) is 11.5. The Kier molecular flexibility index (Phi) is 5.94. The minimum absolute atomic E-state index is 0.0633. The average molecular weight is 332 g/mol. The number of hydrogen-bond acceptors (Lipinski definition) is 3. The molecule has 0 saturated carbocycles. The van der Waals surface area contributed by atoms with Gasteiger partial charge in [0.05, 0.1) is 7.11 Å². The third kappa shape index (κ3) is 4.28. The summed E-state index contributed by atoms with van der Waals surface area (Å²) in [5.41, 5.74) is 0.526. The van der Waals surface area contributed by atoms with E-state index in [2.05, 4.69) is 21.2 Å². The lowest BCUT2D eigenvalue weighted by Crippen LogP contribution is -2.43. The highest BCUT2D eigenvalue weighted by Crippen LogP contribution is 2.22. The maximum absolute atomic E-state index is 13.8. The number of nitrogens with one attached hydrogen (secondary N) is 1. The highest BCUT2D eigenvalue weighted by molar-refractivity contribution is 9.10. The molecular weight excluding hydrogens is 313 g/mol. The second kappa shape index (κ2) is 7.01. The lowest BCUT2D eigenvalue weighted by Gasteiger charge is -2.24. The van der Waals surface area contributed by atoms with Crippen molar-refractivity contribution in [1.82, 2.24) is 5.32 Å². The van der Waals surface area contributed by atoms with Crippen LogP contribution < -0.4 is 5.32 Å². The van der Waals surface area contributed by atoms with Gasteiger partial charge in [-0.2, -0.15) is 0 Å². The molecule has 0 spiro atoms. The van der Waals surface area contributed by atoms with Crippen LogP contribution in [0.3, 0.4) is 0 Å². The summed E-state index contributed by atoms with van der Waals surface area (Å²) in [5.74, 6) is -0.575. The van der Waals surface area contributed by atoms with E-state index in [-0.39, 0.29) is 23.7 Å². The summed E-state index contributed by atoms with van der Waals surface area (Å²) in [4.78, 5) is 11.7. The van der Waals surface area contributed by atoms with Crippen LogP contribution in [0.5, 0.6) is 0 Å². The Labute approximate surface area is 121 Å². The van der Waals surface area contributed by atoms with Crippen LogP contribution in [0, 0.1) is 11.7 Å². The maximum atomic E-state index is 13.8. The lowest BCUT2D eigenvalue weighted by atomic mass is 10.0. The Balaban J connectivity index is 2.87. The van der Waals surface area contributed by atoms with E-state index in [9.17, 15) is 9.18 Å². The van der Waals surface area contributed by atoms with Crippen LogP contribution in [0.15, 0.2) is 22.7 Å². The average Bonchev–Trinajstić information content (AvgIpc) is 2.34. The number of carbonyl (C=O) groups excluding carboxylic acids is 1. The number of methoxy groups -OCH3 is 1. The molecule has 0 aliphatic heterocycles. The molecule has 1 N–H and O–H groups in total. The van der Waals surface area contributed by atoms with Crippen LogP contribution in [0.2, 0.25) is 0 Å². The van der Waals surface area contributed by atoms with Crippen molar-refractivity contribution < 1.29 is 13.9 Å². The van der Waals surface area contributed by atoms with Crippen molar-refractivity contribution in [2.45, 2.75) is 32.9 Å². The first-order chi connectivity index (χ1) is 8.86. The maximum Gasteiger partial charge on any atom is 0.323 e. The fourth-order valence-electron chi connectivity index (χ4n) is 1.87. The summed E-state index contributed by atoms with van der Waals surface area (Å²) in [5, 5.41) is 3.11. The molecular formula is C14H19BrFNO2. The summed E-state index contributed by atoms with van der Waals surface area (Å²) >= 11 is 3.22. The number of carbonyl (C=O) groups is 1. The number of hydrogen-bond donors (Lipinski definition) is 1. The number of benzene rings is 1. The lowest BCUT2D eigenvalue weighted by molar-refractivity contribution is -0.144. The van der Waals surface area contributed by atoms with E-state index in [0.717, 1.165) is 0 Å². The van der Waals surface area contributed by atoms with Gasteiger partial charge in [0.15, 0.2) is 0 Å². The van der Waals surface area contributed by atoms with Gasteiger partial charge in [-0.15, -0.1) is 0 Å². The zero-order valence-corrected chi connectivity index (χ0v) is 13.1. The van der Waals surface area contributed by atoms with Crippen LogP contribution >= 0.6 is 15.9 Å². The molecule has 5 heteroatoms. The van der Waals surface area contributed by atoms with Crippen molar-refractivity contribution in [3.05, 3.63) is 34.1 Å². The Morgan fingerprint density at radius 2 is 2.00 bits per heavy atom. The van der Waals surface area contributed by atoms with Crippen molar-refractivity contribution in [2.24, 2.45) is 5.92 Å². The summed E-state index contributed by atoms with van der Waals surface area (Å²) in [7, 11) is 1.35. The van der Waals surface area contributed by atoms with E-state index in [4.69, 9.17) is 4.74 Å². The molecule has 0 aromatic heterocycles. The van der Waals surface area contributed by atoms with E-state index in [1.807, 2.05) is 20.8 Å². The Morgan fingerprint density at radius 3 is 2.47 bits per heavy atom. The van der Waals surface area contributed by atoms with Crippen molar-refractivity contribution in [2.75, 3.05) is 7.11 Å². The van der Waals surface area contributed by atoms with Gasteiger partial charge in [0, 0.05) is 16.1 Å². The second-order valence-electron chi connectivity index (χ2n) is 4.80. The monoisotopic (exact) mass is 331 g/mol. The van der Waals surface area contributed by atoms with E-state index in [1.165, 1.54) is 13.2 Å². The van der Waals surface area contributed by atoms with Crippen molar-refractivity contribution >= 4 is 21.9 Å². The van der Waals surface area contributed by atoms with E-state index in [1.54, 1.807) is 12.1 Å². The highest BCUT2D eigenvalue weighted by atomic mass is 79.9. The fraction of sp³-hybridized carbons (Fsp3) is 0.500.